The maximum Gasteiger partial charge on any atom is 0.169 e. The molecule has 0 spiro atoms. The monoisotopic (exact) mass is 292 g/mol. The number of thiocarbonyl (C=S) groups is 1. The minimum atomic E-state index is 0.317. The van der Waals surface area contributed by atoms with E-state index in [0.29, 0.717) is 18.0 Å². The largest absolute Gasteiger partial charge is 0.360 e. The molecule has 0 amide bonds. The summed E-state index contributed by atoms with van der Waals surface area (Å²) in [6, 6.07) is 0.928. The summed E-state index contributed by atoms with van der Waals surface area (Å²) in [6.45, 7) is 2.12. The highest BCUT2D eigenvalue weighted by Crippen LogP contribution is 2.24. The Labute approximate surface area is 126 Å². The van der Waals surface area contributed by atoms with E-state index in [1.165, 1.54) is 44.9 Å². The number of piperidine rings is 1. The fourth-order valence-electron chi connectivity index (χ4n) is 3.48. The number of rotatable bonds is 2. The molecular formula is C15H24N4S. The molecule has 5 heteroatoms. The standard InChI is InChI=1S/C15H24N4S/c20-15(18-13-4-2-1-3-5-13)19-8-6-12(7-9-19)14-10-16-11-17-14/h10-14H,1-9H2,(H,18,20). The molecule has 2 aliphatic heterocycles. The third kappa shape index (κ3) is 3.37. The highest BCUT2D eigenvalue weighted by atomic mass is 32.1. The Morgan fingerprint density at radius 1 is 1.10 bits per heavy atom. The average molecular weight is 292 g/mol. The number of hydrogen-bond acceptors (Lipinski definition) is 3. The molecule has 20 heavy (non-hydrogen) atoms. The second-order valence-corrected chi connectivity index (χ2v) is 6.55. The van der Waals surface area contributed by atoms with Gasteiger partial charge in [0.15, 0.2) is 5.11 Å². The topological polar surface area (TPSA) is 40.0 Å². The average Bonchev–Trinajstić information content (AvgIpc) is 3.03. The number of nitrogens with one attached hydrogen (secondary N) is 1. The zero-order chi connectivity index (χ0) is 13.8. The van der Waals surface area contributed by atoms with E-state index < -0.39 is 0 Å². The van der Waals surface area contributed by atoms with E-state index in [1.807, 2.05) is 6.21 Å². The Balaban J connectivity index is 1.43. The molecular weight excluding hydrogens is 268 g/mol. The summed E-state index contributed by atoms with van der Waals surface area (Å²) < 4.78 is 0. The van der Waals surface area contributed by atoms with E-state index in [-0.39, 0.29) is 0 Å². The van der Waals surface area contributed by atoms with Gasteiger partial charge in [-0.2, -0.15) is 0 Å². The van der Waals surface area contributed by atoms with Crippen LogP contribution in [0.25, 0.3) is 0 Å². The summed E-state index contributed by atoms with van der Waals surface area (Å²) in [4.78, 5) is 10.9. The molecule has 4 nitrogen and oxygen atoms in total. The second-order valence-electron chi connectivity index (χ2n) is 6.16. The molecule has 1 N–H and O–H groups in total. The highest BCUT2D eigenvalue weighted by molar-refractivity contribution is 7.80. The van der Waals surface area contributed by atoms with Crippen molar-refractivity contribution in [2.75, 3.05) is 13.1 Å². The van der Waals surface area contributed by atoms with Gasteiger partial charge in [-0.1, -0.05) is 19.3 Å². The van der Waals surface area contributed by atoms with Gasteiger partial charge in [-0.05, 0) is 43.8 Å². The predicted molar refractivity (Wildman–Crippen MR) is 87.7 cm³/mol. The van der Waals surface area contributed by atoms with Crippen LogP contribution in [0, 0.1) is 5.92 Å². The fourth-order valence-corrected chi connectivity index (χ4v) is 3.83. The van der Waals surface area contributed by atoms with Gasteiger partial charge in [0.2, 0.25) is 0 Å². The van der Waals surface area contributed by atoms with Crippen molar-refractivity contribution in [3.63, 3.8) is 0 Å². The van der Waals surface area contributed by atoms with Crippen molar-refractivity contribution < 1.29 is 0 Å². The second kappa shape index (κ2) is 6.66. The molecule has 1 aliphatic carbocycles. The third-order valence-electron chi connectivity index (χ3n) is 4.79. The summed E-state index contributed by atoms with van der Waals surface area (Å²) in [7, 11) is 0. The predicted octanol–water partition coefficient (Wildman–Crippen LogP) is 2.39. The number of likely N-dealkylation sites (tertiary alicyclic amines) is 1. The number of hydrogen-bond donors (Lipinski definition) is 1. The van der Waals surface area contributed by atoms with Gasteiger partial charge in [0.25, 0.3) is 0 Å². The van der Waals surface area contributed by atoms with Crippen molar-refractivity contribution in [3.05, 3.63) is 0 Å². The van der Waals surface area contributed by atoms with E-state index in [2.05, 4.69) is 20.2 Å². The van der Waals surface area contributed by atoms with E-state index in [1.54, 1.807) is 6.34 Å². The summed E-state index contributed by atoms with van der Waals surface area (Å²) in [5.41, 5.74) is 0. The van der Waals surface area contributed by atoms with Gasteiger partial charge in [-0.3, -0.25) is 4.99 Å². The first-order chi connectivity index (χ1) is 9.83. The van der Waals surface area contributed by atoms with Crippen molar-refractivity contribution in [3.8, 4) is 0 Å². The molecule has 1 atom stereocenters. The molecule has 0 radical (unpaired) electrons. The third-order valence-corrected chi connectivity index (χ3v) is 5.16. The van der Waals surface area contributed by atoms with Crippen molar-refractivity contribution in [1.82, 2.24) is 10.2 Å². The summed E-state index contributed by atoms with van der Waals surface area (Å²) in [6.07, 6.45) is 12.7. The van der Waals surface area contributed by atoms with Crippen LogP contribution >= 0.6 is 12.2 Å². The van der Waals surface area contributed by atoms with E-state index in [4.69, 9.17) is 12.2 Å². The molecule has 1 unspecified atom stereocenters. The van der Waals surface area contributed by atoms with Gasteiger partial charge in [0, 0.05) is 25.3 Å². The summed E-state index contributed by atoms with van der Waals surface area (Å²) >= 11 is 5.59. The lowest BCUT2D eigenvalue weighted by Gasteiger charge is -2.36. The van der Waals surface area contributed by atoms with Crippen molar-refractivity contribution in [2.45, 2.75) is 57.0 Å². The Hall–Kier alpha value is -0.970. The van der Waals surface area contributed by atoms with Gasteiger partial charge in [-0.25, -0.2) is 4.99 Å². The minimum absolute atomic E-state index is 0.317. The van der Waals surface area contributed by atoms with Crippen LogP contribution in [0.4, 0.5) is 0 Å². The van der Waals surface area contributed by atoms with Crippen LogP contribution in [0.1, 0.15) is 44.9 Å². The molecule has 110 valence electrons. The van der Waals surface area contributed by atoms with Crippen molar-refractivity contribution in [1.29, 1.82) is 0 Å². The lowest BCUT2D eigenvalue weighted by atomic mass is 9.90. The molecule has 0 aromatic heterocycles. The molecule has 0 bridgehead atoms. The smallest absolute Gasteiger partial charge is 0.169 e. The van der Waals surface area contributed by atoms with E-state index in [9.17, 15) is 0 Å². The molecule has 1 saturated heterocycles. The molecule has 2 fully saturated rings. The molecule has 0 aromatic carbocycles. The van der Waals surface area contributed by atoms with Crippen LogP contribution in [-0.2, 0) is 0 Å². The van der Waals surface area contributed by atoms with E-state index >= 15 is 0 Å². The molecule has 1 saturated carbocycles. The summed E-state index contributed by atoms with van der Waals surface area (Å²) in [5.74, 6) is 0.645. The Bertz CT molecular complexity index is 381. The van der Waals surface area contributed by atoms with Gasteiger partial charge >= 0.3 is 0 Å². The van der Waals surface area contributed by atoms with Crippen LogP contribution in [0.2, 0.25) is 0 Å². The lowest BCUT2D eigenvalue weighted by Crippen LogP contribution is -2.49. The number of aliphatic imine (C=N–C) groups is 2. The van der Waals surface area contributed by atoms with Gasteiger partial charge < -0.3 is 10.2 Å². The maximum absolute atomic E-state index is 5.59. The van der Waals surface area contributed by atoms with Gasteiger partial charge in [0.1, 0.15) is 6.34 Å². The van der Waals surface area contributed by atoms with Gasteiger partial charge in [0.05, 0.1) is 6.04 Å². The lowest BCUT2D eigenvalue weighted by molar-refractivity contribution is 0.254. The Morgan fingerprint density at radius 2 is 1.85 bits per heavy atom. The van der Waals surface area contributed by atoms with Crippen molar-refractivity contribution in [2.24, 2.45) is 15.9 Å². The first kappa shape index (κ1) is 14.0. The number of nitrogens with zero attached hydrogens (tertiary/aromatic N) is 3. The van der Waals surface area contributed by atoms with E-state index in [0.717, 1.165) is 18.2 Å². The maximum atomic E-state index is 5.59. The van der Waals surface area contributed by atoms with Crippen LogP contribution in [-0.4, -0.2) is 47.7 Å². The van der Waals surface area contributed by atoms with Gasteiger partial charge in [-0.15, -0.1) is 0 Å². The Kier molecular flexibility index (Phi) is 4.65. The summed E-state index contributed by atoms with van der Waals surface area (Å²) in [5, 5.41) is 4.55. The zero-order valence-electron chi connectivity index (χ0n) is 12.0. The molecule has 3 aliphatic rings. The molecule has 3 rings (SSSR count). The Morgan fingerprint density at radius 3 is 2.50 bits per heavy atom. The minimum Gasteiger partial charge on any atom is -0.360 e. The highest BCUT2D eigenvalue weighted by Gasteiger charge is 2.27. The van der Waals surface area contributed by atoms with Crippen LogP contribution < -0.4 is 5.32 Å². The molecule has 0 aromatic rings. The first-order valence-corrected chi connectivity index (χ1v) is 8.34. The zero-order valence-corrected chi connectivity index (χ0v) is 12.8. The quantitative estimate of drug-likeness (QED) is 0.794. The van der Waals surface area contributed by atoms with Crippen LogP contribution in [0.15, 0.2) is 9.98 Å². The fraction of sp³-hybridized carbons (Fsp3) is 0.800. The van der Waals surface area contributed by atoms with Crippen LogP contribution in [0.5, 0.6) is 0 Å². The normalized spacial score (nSPS) is 28.0. The van der Waals surface area contributed by atoms with Crippen LogP contribution in [0.3, 0.4) is 0 Å². The SMILES string of the molecule is S=C(NC1CCCCC1)N1CCC(C2C=NC=N2)CC1. The molecule has 2 heterocycles. The first-order valence-electron chi connectivity index (χ1n) is 7.93. The van der Waals surface area contributed by atoms with Crippen molar-refractivity contribution >= 4 is 29.9 Å².